The number of aromatic nitrogens is 2. The van der Waals surface area contributed by atoms with Crippen LogP contribution in [0.25, 0.3) is 0 Å². The molecule has 23 heteroatoms. The maximum absolute atomic E-state index is 12.8. The van der Waals surface area contributed by atoms with Crippen molar-refractivity contribution in [2.75, 3.05) is 17.6 Å². The number of carboxylic acid groups (broad SMARTS) is 1. The van der Waals surface area contributed by atoms with E-state index in [0.717, 1.165) is 36.5 Å². The summed E-state index contributed by atoms with van der Waals surface area (Å²) in [5.74, 6) is -2.01. The van der Waals surface area contributed by atoms with Gasteiger partial charge in [0.2, 0.25) is 0 Å². The van der Waals surface area contributed by atoms with Gasteiger partial charge in [0.15, 0.2) is 11.4 Å². The molecule has 0 unspecified atom stereocenters. The molecular weight excluding hydrogens is 793 g/mol. The quantitative estimate of drug-likeness (QED) is 0.103. The summed E-state index contributed by atoms with van der Waals surface area (Å²) in [6.07, 6.45) is -6.94. The summed E-state index contributed by atoms with van der Waals surface area (Å²) in [5, 5.41) is 7.72. The van der Waals surface area contributed by atoms with E-state index in [1.54, 1.807) is 12.1 Å². The van der Waals surface area contributed by atoms with E-state index in [1.807, 2.05) is 4.72 Å². The molecule has 2 heterocycles. The Labute approximate surface area is 293 Å². The summed E-state index contributed by atoms with van der Waals surface area (Å²) in [5.41, 5.74) is 2.40. The minimum atomic E-state index is -4.84. The van der Waals surface area contributed by atoms with Gasteiger partial charge in [-0.05, 0) is 60.7 Å². The lowest BCUT2D eigenvalue weighted by Gasteiger charge is -2.13. The molecule has 0 saturated heterocycles. The minimum Gasteiger partial charge on any atom is -0.476 e. The highest BCUT2D eigenvalue weighted by Gasteiger charge is 2.35. The van der Waals surface area contributed by atoms with Crippen molar-refractivity contribution in [3.8, 4) is 0 Å². The van der Waals surface area contributed by atoms with Gasteiger partial charge in [-0.15, -0.1) is 0 Å². The molecule has 4 aromatic rings. The number of esters is 1. The van der Waals surface area contributed by atoms with Crippen molar-refractivity contribution in [1.29, 1.82) is 0 Å². The molecule has 2 aromatic heterocycles. The fraction of sp³-hybridized carbons (Fsp3) is 0.111. The number of nitrogens with one attached hydrogen (secondary N) is 1. The zero-order chi connectivity index (χ0) is 38.2. The summed E-state index contributed by atoms with van der Waals surface area (Å²) in [6, 6.07) is 9.80. The van der Waals surface area contributed by atoms with E-state index >= 15 is 0 Å². The number of sulfonamides is 1. The normalized spacial score (nSPS) is 11.6. The molecule has 0 radical (unpaired) electrons. The number of nitrogens with two attached hydrogens (primary N) is 1. The van der Waals surface area contributed by atoms with Crippen LogP contribution in [0.1, 0.15) is 32.1 Å². The smallest absolute Gasteiger partial charge is 0.417 e. The largest absolute Gasteiger partial charge is 0.476 e. The molecule has 0 atom stereocenters. The fourth-order valence-electron chi connectivity index (χ4n) is 3.31. The molecule has 4 rings (SSSR count). The van der Waals surface area contributed by atoms with Crippen LogP contribution in [0.4, 0.5) is 37.7 Å². The molecule has 50 heavy (non-hydrogen) atoms. The summed E-state index contributed by atoms with van der Waals surface area (Å²) in [6.45, 7) is 0. The standard InChI is InChI=1S/C13H8ClF3N2O4S.C7H3Cl2F3O2S.C7H8N2O2/c14-9-4-3-7(6-8(9)13(15,16)17)24(22,23)19-10-2-1-5-18-11(10)12(20)21;8-6-2-1-4(15(9,13)14)3-5(6)7(10,11)12;1-11-7(10)6-5(8)3-2-4-9-6/h1-6,19H,(H,20,21);1-3H;2-4H,8H2,1H3. The molecule has 270 valence electrons. The molecule has 12 nitrogen and oxygen atoms in total. The first-order valence-electron chi connectivity index (χ1n) is 12.6. The SMILES string of the molecule is COC(=O)c1ncccc1N.O=C(O)c1ncccc1NS(=O)(=O)c1ccc(Cl)c(C(F)(F)F)c1.O=S(=O)(Cl)c1ccc(Cl)c(C(F)(F)F)c1. The molecule has 0 aliphatic heterocycles. The highest BCUT2D eigenvalue weighted by molar-refractivity contribution is 8.13. The van der Waals surface area contributed by atoms with Crippen molar-refractivity contribution in [1.82, 2.24) is 9.97 Å². The lowest BCUT2D eigenvalue weighted by atomic mass is 10.2. The van der Waals surface area contributed by atoms with Crippen LogP contribution in [0.15, 0.2) is 82.8 Å². The maximum atomic E-state index is 12.8. The van der Waals surface area contributed by atoms with Gasteiger partial charge in [0.1, 0.15) is 0 Å². The lowest BCUT2D eigenvalue weighted by molar-refractivity contribution is -0.138. The van der Waals surface area contributed by atoms with E-state index in [1.165, 1.54) is 19.4 Å². The van der Waals surface area contributed by atoms with Crippen molar-refractivity contribution >= 4 is 76.3 Å². The molecule has 0 aliphatic carbocycles. The second-order valence-electron chi connectivity index (χ2n) is 8.96. The second kappa shape index (κ2) is 16.6. The number of nitrogens with zero attached hydrogens (tertiary/aromatic N) is 2. The van der Waals surface area contributed by atoms with Gasteiger partial charge >= 0.3 is 24.3 Å². The number of pyridine rings is 2. The number of ether oxygens (including phenoxy) is 1. The van der Waals surface area contributed by atoms with E-state index in [4.69, 9.17) is 44.7 Å². The van der Waals surface area contributed by atoms with Crippen LogP contribution >= 0.6 is 33.9 Å². The first-order chi connectivity index (χ1) is 22.9. The Morgan fingerprint density at radius 1 is 0.800 bits per heavy atom. The number of carbonyl (C=O) groups is 2. The van der Waals surface area contributed by atoms with Gasteiger partial charge in [0.05, 0.1) is 49.4 Å². The molecule has 0 spiro atoms. The molecule has 0 amide bonds. The monoisotopic (exact) mass is 810 g/mol. The first kappa shape index (κ1) is 41.8. The Balaban J connectivity index is 0.000000284. The third kappa shape index (κ3) is 11.6. The van der Waals surface area contributed by atoms with Crippen LogP contribution in [0.3, 0.4) is 0 Å². The van der Waals surface area contributed by atoms with Crippen LogP contribution in [-0.4, -0.2) is 51.0 Å². The van der Waals surface area contributed by atoms with Crippen LogP contribution < -0.4 is 10.5 Å². The summed E-state index contributed by atoms with van der Waals surface area (Å²) >= 11 is 10.7. The zero-order valence-electron chi connectivity index (χ0n) is 24.4. The van der Waals surface area contributed by atoms with Crippen molar-refractivity contribution in [2.45, 2.75) is 22.1 Å². The minimum absolute atomic E-state index is 0.162. The number of hydrogen-bond acceptors (Lipinski definition) is 10. The molecule has 4 N–H and O–H groups in total. The molecule has 0 saturated carbocycles. The number of aromatic carboxylic acids is 1. The number of carboxylic acids is 1. The predicted molar refractivity (Wildman–Crippen MR) is 168 cm³/mol. The number of methoxy groups -OCH3 is 1. The molecule has 0 bridgehead atoms. The third-order valence-corrected chi connectivity index (χ3v) is 8.92. The molecule has 0 fully saturated rings. The number of hydrogen-bond donors (Lipinski definition) is 3. The topological polar surface area (TPSA) is 196 Å². The first-order valence-corrected chi connectivity index (χ1v) is 17.1. The Hall–Kier alpha value is -4.37. The van der Waals surface area contributed by atoms with Gasteiger partial charge in [0.25, 0.3) is 19.1 Å². The number of halogens is 9. The van der Waals surface area contributed by atoms with E-state index in [0.29, 0.717) is 17.8 Å². The molecule has 2 aromatic carbocycles. The van der Waals surface area contributed by atoms with E-state index < -0.39 is 80.0 Å². The van der Waals surface area contributed by atoms with Gasteiger partial charge in [-0.2, -0.15) is 26.3 Å². The summed E-state index contributed by atoms with van der Waals surface area (Å²) in [7, 11) is -2.49. The van der Waals surface area contributed by atoms with Gasteiger partial charge in [-0.1, -0.05) is 23.2 Å². The van der Waals surface area contributed by atoms with Crippen molar-refractivity contribution < 1.29 is 62.6 Å². The Kier molecular flexibility index (Phi) is 13.8. The number of carbonyl (C=O) groups excluding carboxylic acids is 1. The van der Waals surface area contributed by atoms with Gasteiger partial charge < -0.3 is 15.6 Å². The summed E-state index contributed by atoms with van der Waals surface area (Å²) in [4.78, 5) is 27.8. The van der Waals surface area contributed by atoms with Crippen LogP contribution in [0, 0.1) is 0 Å². The van der Waals surface area contributed by atoms with E-state index in [2.05, 4.69) is 14.7 Å². The number of benzene rings is 2. The van der Waals surface area contributed by atoms with Crippen molar-refractivity contribution in [3.05, 3.63) is 106 Å². The zero-order valence-corrected chi connectivity index (χ0v) is 28.3. The van der Waals surface area contributed by atoms with Crippen LogP contribution in [0.2, 0.25) is 10.0 Å². The van der Waals surface area contributed by atoms with Gasteiger partial charge in [0, 0.05) is 23.1 Å². The Morgan fingerprint density at radius 2 is 1.26 bits per heavy atom. The van der Waals surface area contributed by atoms with Gasteiger partial charge in [-0.25, -0.2) is 36.4 Å². The molecular formula is C27H19Cl3F6N4O8S2. The number of anilines is 2. The second-order valence-corrected chi connectivity index (χ2v) is 14.0. The Bertz CT molecular complexity index is 2100. The van der Waals surface area contributed by atoms with E-state index in [-0.39, 0.29) is 11.4 Å². The number of rotatable bonds is 6. The van der Waals surface area contributed by atoms with Gasteiger partial charge in [-0.3, -0.25) is 4.72 Å². The highest BCUT2D eigenvalue weighted by atomic mass is 35.7. The van der Waals surface area contributed by atoms with Crippen molar-refractivity contribution in [3.63, 3.8) is 0 Å². The van der Waals surface area contributed by atoms with Crippen LogP contribution in [0.5, 0.6) is 0 Å². The summed E-state index contributed by atoms with van der Waals surface area (Å²) < 4.78 is 128. The average Bonchev–Trinajstić information content (AvgIpc) is 3.00. The predicted octanol–water partition coefficient (Wildman–Crippen LogP) is 6.99. The lowest BCUT2D eigenvalue weighted by Crippen LogP contribution is -2.17. The maximum Gasteiger partial charge on any atom is 0.417 e. The fourth-order valence-corrected chi connectivity index (χ4v) is 5.63. The van der Waals surface area contributed by atoms with E-state index in [9.17, 15) is 52.8 Å². The Morgan fingerprint density at radius 3 is 1.70 bits per heavy atom. The molecule has 0 aliphatic rings. The highest BCUT2D eigenvalue weighted by Crippen LogP contribution is 2.37. The van der Waals surface area contributed by atoms with Crippen molar-refractivity contribution in [2.24, 2.45) is 0 Å². The number of alkyl halides is 6. The average molecular weight is 812 g/mol. The van der Waals surface area contributed by atoms with Crippen LogP contribution in [-0.2, 0) is 36.2 Å². The third-order valence-electron chi connectivity index (χ3n) is 5.55. The number of nitrogen functional groups attached to an aromatic ring is 1.